The summed E-state index contributed by atoms with van der Waals surface area (Å²) < 4.78 is 23.9. The minimum absolute atomic E-state index is 0.0185. The fraction of sp³-hybridized carbons (Fsp3) is 0.636. The van der Waals surface area contributed by atoms with Crippen molar-refractivity contribution >= 4 is 31.5 Å². The Hall–Kier alpha value is -0.890. The number of sulfone groups is 1. The zero-order valence-corrected chi connectivity index (χ0v) is 13.0. The fourth-order valence-electron chi connectivity index (χ4n) is 1.63. The van der Waals surface area contributed by atoms with Crippen LogP contribution in [-0.4, -0.2) is 36.8 Å². The first-order chi connectivity index (χ1) is 8.87. The first-order valence-electron chi connectivity index (χ1n) is 6.04. The van der Waals surface area contributed by atoms with Crippen LogP contribution in [0.5, 0.6) is 0 Å². The molecule has 106 valence electrons. The molecule has 1 fully saturated rings. The Morgan fingerprint density at radius 2 is 2.21 bits per heavy atom. The van der Waals surface area contributed by atoms with E-state index >= 15 is 0 Å². The molecule has 0 atom stereocenters. The van der Waals surface area contributed by atoms with Crippen LogP contribution in [0.25, 0.3) is 0 Å². The average Bonchev–Trinajstić information content (AvgIpc) is 3.10. The molecule has 2 rings (SSSR count). The van der Waals surface area contributed by atoms with Gasteiger partial charge in [-0.25, -0.2) is 13.1 Å². The summed E-state index contributed by atoms with van der Waals surface area (Å²) in [6, 6.07) is 0. The van der Waals surface area contributed by atoms with Crippen molar-refractivity contribution in [3.8, 4) is 0 Å². The van der Waals surface area contributed by atoms with Gasteiger partial charge in [0.15, 0.2) is 0 Å². The maximum Gasteiger partial charge on any atom is 0.283 e. The van der Waals surface area contributed by atoms with E-state index in [0.717, 1.165) is 12.8 Å². The van der Waals surface area contributed by atoms with E-state index in [0.29, 0.717) is 22.6 Å². The monoisotopic (exact) mass is 349 g/mol. The summed E-state index contributed by atoms with van der Waals surface area (Å²) in [5.41, 5.74) is 0.344. The predicted molar refractivity (Wildman–Crippen MR) is 77.1 cm³/mol. The summed E-state index contributed by atoms with van der Waals surface area (Å²) in [4.78, 5) is 12.0. The molecule has 0 unspecified atom stereocenters. The van der Waals surface area contributed by atoms with Gasteiger partial charge >= 0.3 is 0 Å². The van der Waals surface area contributed by atoms with Crippen molar-refractivity contribution in [3.63, 3.8) is 0 Å². The van der Waals surface area contributed by atoms with Crippen LogP contribution in [0.3, 0.4) is 0 Å². The van der Waals surface area contributed by atoms with Crippen LogP contribution in [0.2, 0.25) is 0 Å². The Balaban J connectivity index is 2.05. The Morgan fingerprint density at radius 1 is 1.53 bits per heavy atom. The maximum atomic E-state index is 12.0. The van der Waals surface area contributed by atoms with Crippen molar-refractivity contribution in [2.45, 2.75) is 19.4 Å². The molecule has 0 aromatic carbocycles. The second-order valence-electron chi connectivity index (χ2n) is 4.86. The van der Waals surface area contributed by atoms with Crippen molar-refractivity contribution in [1.82, 2.24) is 9.78 Å². The Kier molecular flexibility index (Phi) is 4.29. The lowest BCUT2D eigenvalue weighted by molar-refractivity contribution is 0.532. The summed E-state index contributed by atoms with van der Waals surface area (Å²) in [6.45, 7) is 0.909. The average molecular weight is 350 g/mol. The molecule has 8 heteroatoms. The van der Waals surface area contributed by atoms with Crippen LogP contribution in [-0.2, 0) is 16.4 Å². The lowest BCUT2D eigenvalue weighted by atomic mass is 10.4. The topological polar surface area (TPSA) is 81.1 Å². The van der Waals surface area contributed by atoms with E-state index in [1.807, 2.05) is 0 Å². The molecule has 1 heterocycles. The van der Waals surface area contributed by atoms with E-state index in [1.54, 1.807) is 6.20 Å². The van der Waals surface area contributed by atoms with Crippen LogP contribution >= 0.6 is 15.9 Å². The zero-order valence-electron chi connectivity index (χ0n) is 10.6. The van der Waals surface area contributed by atoms with Gasteiger partial charge in [0, 0.05) is 19.3 Å². The van der Waals surface area contributed by atoms with E-state index in [4.69, 9.17) is 0 Å². The van der Waals surface area contributed by atoms with Gasteiger partial charge in [-0.2, -0.15) is 5.10 Å². The van der Waals surface area contributed by atoms with Gasteiger partial charge in [0.05, 0.1) is 17.6 Å². The first-order valence-corrected chi connectivity index (χ1v) is 8.89. The molecular weight excluding hydrogens is 334 g/mol. The van der Waals surface area contributed by atoms with Gasteiger partial charge in [-0.1, -0.05) is 0 Å². The summed E-state index contributed by atoms with van der Waals surface area (Å²) >= 11 is 3.24. The number of rotatable bonds is 6. The minimum atomic E-state index is -3.01. The smallest absolute Gasteiger partial charge is 0.283 e. The number of hydrogen-bond donors (Lipinski definition) is 1. The molecule has 1 aromatic heterocycles. The van der Waals surface area contributed by atoms with Crippen LogP contribution in [0.1, 0.15) is 12.8 Å². The summed E-state index contributed by atoms with van der Waals surface area (Å²) in [5.74, 6) is 0.589. The van der Waals surface area contributed by atoms with E-state index in [2.05, 4.69) is 26.3 Å². The number of halogens is 1. The fourth-order valence-corrected chi connectivity index (χ4v) is 2.55. The van der Waals surface area contributed by atoms with Gasteiger partial charge in [0.25, 0.3) is 5.56 Å². The van der Waals surface area contributed by atoms with Gasteiger partial charge in [-0.15, -0.1) is 0 Å². The number of anilines is 1. The highest BCUT2D eigenvalue weighted by Crippen LogP contribution is 2.30. The molecule has 0 spiro atoms. The predicted octanol–water partition coefficient (Wildman–Crippen LogP) is 0.872. The largest absolute Gasteiger partial charge is 0.382 e. The molecule has 1 N–H and O–H groups in total. The van der Waals surface area contributed by atoms with Gasteiger partial charge < -0.3 is 5.32 Å². The number of nitrogens with one attached hydrogen (secondary N) is 1. The Bertz CT molecular complexity index is 623. The minimum Gasteiger partial charge on any atom is -0.382 e. The third-order valence-electron chi connectivity index (χ3n) is 2.90. The van der Waals surface area contributed by atoms with Gasteiger partial charge in [0.2, 0.25) is 0 Å². The third kappa shape index (κ3) is 4.31. The second-order valence-corrected chi connectivity index (χ2v) is 7.91. The Morgan fingerprint density at radius 3 is 2.79 bits per heavy atom. The highest BCUT2D eigenvalue weighted by molar-refractivity contribution is 9.10. The van der Waals surface area contributed by atoms with Gasteiger partial charge in [-0.3, -0.25) is 4.79 Å². The van der Waals surface area contributed by atoms with Crippen molar-refractivity contribution < 1.29 is 8.42 Å². The van der Waals surface area contributed by atoms with E-state index in [9.17, 15) is 13.2 Å². The molecule has 0 aliphatic heterocycles. The standard InChI is InChI=1S/C11H16BrN3O3S/c1-19(17,18)5-4-13-9-6-14-15(7-8-2-3-8)11(16)10(9)12/h6,8,13H,2-5,7H2,1H3. The highest BCUT2D eigenvalue weighted by Gasteiger charge is 2.23. The molecule has 1 aliphatic carbocycles. The molecule has 0 bridgehead atoms. The van der Waals surface area contributed by atoms with Gasteiger partial charge in [-0.05, 0) is 34.7 Å². The number of nitrogens with zero attached hydrogens (tertiary/aromatic N) is 2. The van der Waals surface area contributed by atoms with Crippen molar-refractivity contribution in [3.05, 3.63) is 21.0 Å². The molecule has 19 heavy (non-hydrogen) atoms. The van der Waals surface area contributed by atoms with Crippen molar-refractivity contribution in [2.24, 2.45) is 5.92 Å². The second kappa shape index (κ2) is 5.62. The van der Waals surface area contributed by atoms with Gasteiger partial charge in [0.1, 0.15) is 14.3 Å². The van der Waals surface area contributed by atoms with Crippen LogP contribution < -0.4 is 10.9 Å². The number of hydrogen-bond acceptors (Lipinski definition) is 5. The van der Waals surface area contributed by atoms with Crippen molar-refractivity contribution in [1.29, 1.82) is 0 Å². The van der Waals surface area contributed by atoms with E-state index in [-0.39, 0.29) is 17.9 Å². The maximum absolute atomic E-state index is 12.0. The number of aromatic nitrogens is 2. The normalized spacial score (nSPS) is 15.5. The molecule has 1 aliphatic rings. The van der Waals surface area contributed by atoms with Crippen LogP contribution in [0.15, 0.2) is 15.5 Å². The van der Waals surface area contributed by atoms with Crippen molar-refractivity contribution in [2.75, 3.05) is 23.9 Å². The molecule has 6 nitrogen and oxygen atoms in total. The summed E-state index contributed by atoms with van der Waals surface area (Å²) in [6.07, 6.45) is 5.03. The van der Waals surface area contributed by atoms with E-state index in [1.165, 1.54) is 10.9 Å². The lowest BCUT2D eigenvalue weighted by Crippen LogP contribution is -2.26. The summed E-state index contributed by atoms with van der Waals surface area (Å²) in [7, 11) is -3.01. The molecule has 1 aromatic rings. The molecular formula is C11H16BrN3O3S. The third-order valence-corrected chi connectivity index (χ3v) is 4.61. The molecule has 0 radical (unpaired) electrons. The molecule has 0 amide bonds. The zero-order chi connectivity index (χ0) is 14.0. The lowest BCUT2D eigenvalue weighted by Gasteiger charge is -2.09. The molecule has 1 saturated carbocycles. The molecule has 0 saturated heterocycles. The van der Waals surface area contributed by atoms with Crippen LogP contribution in [0.4, 0.5) is 5.69 Å². The van der Waals surface area contributed by atoms with E-state index < -0.39 is 9.84 Å². The van der Waals surface area contributed by atoms with Crippen LogP contribution in [0, 0.1) is 5.92 Å². The highest BCUT2D eigenvalue weighted by atomic mass is 79.9. The quantitative estimate of drug-likeness (QED) is 0.824. The first kappa shape index (κ1) is 14.5. The summed E-state index contributed by atoms with van der Waals surface area (Å²) in [5, 5.41) is 7.00. The Labute approximate surface area is 120 Å². The SMILES string of the molecule is CS(=O)(=O)CCNc1cnn(CC2CC2)c(=O)c1Br.